The number of rotatable bonds is 3. The Kier molecular flexibility index (Phi) is 3.49. The summed E-state index contributed by atoms with van der Waals surface area (Å²) in [4.78, 5) is 20.8. The molecule has 0 amide bonds. The van der Waals surface area contributed by atoms with Crippen LogP contribution >= 0.6 is 0 Å². The molecule has 0 fully saturated rings. The minimum atomic E-state index is -1.23. The summed E-state index contributed by atoms with van der Waals surface area (Å²) in [5.41, 5.74) is 0. The highest BCUT2D eigenvalue weighted by atomic mass is 16.7. The van der Waals surface area contributed by atoms with E-state index in [1.54, 1.807) is 30.3 Å². The van der Waals surface area contributed by atoms with Gasteiger partial charge in [-0.15, -0.1) is 0 Å². The summed E-state index contributed by atoms with van der Waals surface area (Å²) >= 11 is 0. The fraction of sp³-hybridized carbons (Fsp3) is 0.111. The van der Waals surface area contributed by atoms with Crippen molar-refractivity contribution in [3.8, 4) is 5.75 Å². The van der Waals surface area contributed by atoms with Crippen molar-refractivity contribution in [1.82, 2.24) is 0 Å². The Morgan fingerprint density at radius 2 is 1.86 bits per heavy atom. The molecule has 0 heterocycles. The highest BCUT2D eigenvalue weighted by Crippen LogP contribution is 2.08. The zero-order chi connectivity index (χ0) is 10.4. The highest BCUT2D eigenvalue weighted by Gasteiger charge is 2.07. The molecule has 5 nitrogen and oxygen atoms in total. The van der Waals surface area contributed by atoms with Crippen molar-refractivity contribution in [1.29, 1.82) is 0 Å². The van der Waals surface area contributed by atoms with Gasteiger partial charge in [0, 0.05) is 0 Å². The van der Waals surface area contributed by atoms with Crippen molar-refractivity contribution in [2.24, 2.45) is 0 Å². The van der Waals surface area contributed by atoms with Gasteiger partial charge in [-0.05, 0) is 12.1 Å². The van der Waals surface area contributed by atoms with Gasteiger partial charge in [0.15, 0.2) is 6.61 Å². The predicted molar refractivity (Wildman–Crippen MR) is 46.1 cm³/mol. The second-order valence-electron chi connectivity index (χ2n) is 2.35. The average molecular weight is 196 g/mol. The minimum Gasteiger partial charge on any atom is -0.479 e. The van der Waals surface area contributed by atoms with Crippen molar-refractivity contribution in [2.45, 2.75) is 0 Å². The number of benzene rings is 1. The van der Waals surface area contributed by atoms with E-state index >= 15 is 0 Å². The fourth-order valence-corrected chi connectivity index (χ4v) is 0.735. The quantitative estimate of drug-likeness (QED) is 0.582. The van der Waals surface area contributed by atoms with Gasteiger partial charge in [-0.2, -0.15) is 0 Å². The van der Waals surface area contributed by atoms with Gasteiger partial charge >= 0.3 is 12.1 Å². The molecular weight excluding hydrogens is 188 g/mol. The Labute approximate surface area is 79.9 Å². The van der Waals surface area contributed by atoms with E-state index in [0.29, 0.717) is 5.75 Å². The molecule has 1 aromatic carbocycles. The Bertz CT molecular complexity index is 319. The zero-order valence-corrected chi connectivity index (χ0v) is 7.17. The zero-order valence-electron chi connectivity index (χ0n) is 7.17. The molecule has 14 heavy (non-hydrogen) atoms. The molecule has 0 aromatic heterocycles. The van der Waals surface area contributed by atoms with Crippen LogP contribution in [0.5, 0.6) is 5.75 Å². The first-order valence-electron chi connectivity index (χ1n) is 3.80. The molecule has 5 heteroatoms. The van der Waals surface area contributed by atoms with E-state index in [0.717, 1.165) is 0 Å². The lowest BCUT2D eigenvalue weighted by Gasteiger charge is -2.02. The van der Waals surface area contributed by atoms with Gasteiger partial charge in [-0.1, -0.05) is 18.2 Å². The number of carboxylic acid groups (broad SMARTS) is 1. The normalized spacial score (nSPS) is 9.14. The van der Waals surface area contributed by atoms with Gasteiger partial charge in [0.25, 0.3) is 0 Å². The number of carboxylic acids is 1. The van der Waals surface area contributed by atoms with Crippen molar-refractivity contribution >= 4 is 12.1 Å². The lowest BCUT2D eigenvalue weighted by atomic mass is 10.3. The predicted octanol–water partition coefficient (Wildman–Crippen LogP) is 1.29. The van der Waals surface area contributed by atoms with Gasteiger partial charge in [-0.25, -0.2) is 9.59 Å². The van der Waals surface area contributed by atoms with Gasteiger partial charge in [0.05, 0.1) is 0 Å². The first-order chi connectivity index (χ1) is 6.68. The maximum Gasteiger partial charge on any atom is 0.514 e. The van der Waals surface area contributed by atoms with Gasteiger partial charge in [0.1, 0.15) is 5.75 Å². The van der Waals surface area contributed by atoms with Crippen LogP contribution in [-0.2, 0) is 9.53 Å². The van der Waals surface area contributed by atoms with Crippen LogP contribution in [0.4, 0.5) is 4.79 Å². The molecule has 0 radical (unpaired) electrons. The fourth-order valence-electron chi connectivity index (χ4n) is 0.735. The molecule has 0 aliphatic carbocycles. The van der Waals surface area contributed by atoms with Crippen LogP contribution < -0.4 is 4.74 Å². The summed E-state index contributed by atoms with van der Waals surface area (Å²) in [6.45, 7) is -0.703. The van der Waals surface area contributed by atoms with Gasteiger partial charge in [0.2, 0.25) is 0 Å². The third-order valence-corrected chi connectivity index (χ3v) is 1.26. The van der Waals surface area contributed by atoms with Crippen LogP contribution in [0.3, 0.4) is 0 Å². The number of aliphatic carboxylic acids is 1. The molecule has 74 valence electrons. The molecule has 0 spiro atoms. The van der Waals surface area contributed by atoms with E-state index in [2.05, 4.69) is 9.47 Å². The molecule has 1 N–H and O–H groups in total. The van der Waals surface area contributed by atoms with E-state index in [1.165, 1.54) is 0 Å². The smallest absolute Gasteiger partial charge is 0.479 e. The molecule has 0 bridgehead atoms. The van der Waals surface area contributed by atoms with Crippen molar-refractivity contribution in [3.05, 3.63) is 30.3 Å². The molecule has 0 saturated carbocycles. The molecule has 0 saturated heterocycles. The van der Waals surface area contributed by atoms with E-state index in [-0.39, 0.29) is 0 Å². The summed E-state index contributed by atoms with van der Waals surface area (Å²) in [6, 6.07) is 8.24. The summed E-state index contributed by atoms with van der Waals surface area (Å²) in [6.07, 6.45) is -1.03. The van der Waals surface area contributed by atoms with Gasteiger partial charge < -0.3 is 14.6 Å². The first kappa shape index (κ1) is 10.0. The minimum absolute atomic E-state index is 0.308. The van der Waals surface area contributed by atoms with Crippen molar-refractivity contribution in [3.63, 3.8) is 0 Å². The lowest BCUT2D eigenvalue weighted by Crippen LogP contribution is -2.16. The number of carbonyl (C=O) groups is 2. The molecule has 0 aliphatic heterocycles. The molecule has 1 rings (SSSR count). The maximum absolute atomic E-state index is 10.8. The second-order valence-corrected chi connectivity index (χ2v) is 2.35. The Morgan fingerprint density at radius 1 is 1.21 bits per heavy atom. The topological polar surface area (TPSA) is 72.8 Å². The van der Waals surface area contributed by atoms with E-state index in [9.17, 15) is 9.59 Å². The second kappa shape index (κ2) is 4.86. The van der Waals surface area contributed by atoms with Crippen LogP contribution in [0.1, 0.15) is 0 Å². The molecule has 0 aliphatic rings. The Morgan fingerprint density at radius 3 is 2.43 bits per heavy atom. The third-order valence-electron chi connectivity index (χ3n) is 1.26. The number of ether oxygens (including phenoxy) is 2. The molecule has 0 atom stereocenters. The highest BCUT2D eigenvalue weighted by molar-refractivity contribution is 5.72. The van der Waals surface area contributed by atoms with Crippen LogP contribution in [-0.4, -0.2) is 23.8 Å². The summed E-state index contributed by atoms with van der Waals surface area (Å²) < 4.78 is 8.89. The molecular formula is C9H8O5. The lowest BCUT2D eigenvalue weighted by molar-refractivity contribution is -0.140. The Hall–Kier alpha value is -2.04. The van der Waals surface area contributed by atoms with Crippen LogP contribution in [0, 0.1) is 0 Å². The summed E-state index contributed by atoms with van der Waals surface area (Å²) in [5.74, 6) is -0.919. The Balaban J connectivity index is 2.38. The van der Waals surface area contributed by atoms with Crippen LogP contribution in [0.15, 0.2) is 30.3 Å². The van der Waals surface area contributed by atoms with Gasteiger partial charge in [-0.3, -0.25) is 0 Å². The molecule has 0 unspecified atom stereocenters. The average Bonchev–Trinajstić information content (AvgIpc) is 2.16. The van der Waals surface area contributed by atoms with E-state index in [1.807, 2.05) is 0 Å². The summed E-state index contributed by atoms with van der Waals surface area (Å²) in [7, 11) is 0. The molecule has 1 aromatic rings. The monoisotopic (exact) mass is 196 g/mol. The first-order valence-corrected chi connectivity index (χ1v) is 3.80. The van der Waals surface area contributed by atoms with Crippen LogP contribution in [0.2, 0.25) is 0 Å². The number of hydrogen-bond acceptors (Lipinski definition) is 4. The number of hydrogen-bond donors (Lipinski definition) is 1. The van der Waals surface area contributed by atoms with E-state index < -0.39 is 18.7 Å². The summed E-state index contributed by atoms with van der Waals surface area (Å²) in [5, 5.41) is 8.20. The standard InChI is InChI=1S/C9H8O5/c10-8(11)6-13-9(12)14-7-4-2-1-3-5-7/h1-5H,6H2,(H,10,11). The SMILES string of the molecule is O=C(O)COC(=O)Oc1ccccc1. The largest absolute Gasteiger partial charge is 0.514 e. The number of para-hydroxylation sites is 1. The van der Waals surface area contributed by atoms with Crippen molar-refractivity contribution < 1.29 is 24.2 Å². The maximum atomic E-state index is 10.8. The number of carbonyl (C=O) groups excluding carboxylic acids is 1. The third kappa shape index (κ3) is 3.57. The van der Waals surface area contributed by atoms with Crippen LogP contribution in [0.25, 0.3) is 0 Å². The van der Waals surface area contributed by atoms with E-state index in [4.69, 9.17) is 5.11 Å². The van der Waals surface area contributed by atoms with Crippen molar-refractivity contribution in [2.75, 3.05) is 6.61 Å².